The summed E-state index contributed by atoms with van der Waals surface area (Å²) < 4.78 is 29.5. The number of carboxylic acids is 1. The van der Waals surface area contributed by atoms with Gasteiger partial charge in [-0.2, -0.15) is 4.31 Å². The zero-order valence-electron chi connectivity index (χ0n) is 19.4. The van der Waals surface area contributed by atoms with E-state index in [2.05, 4.69) is 4.90 Å². The van der Waals surface area contributed by atoms with Gasteiger partial charge in [0.2, 0.25) is 10.0 Å². The zero-order chi connectivity index (χ0) is 24.0. The molecule has 0 radical (unpaired) electrons. The van der Waals surface area contributed by atoms with Crippen LogP contribution in [0, 0.1) is 11.8 Å². The molecule has 1 N–H and O–H groups in total. The molecule has 0 spiro atoms. The number of sulfonamides is 1. The second-order valence-corrected chi connectivity index (χ2v) is 12.4. The fraction of sp³-hybridized carbons (Fsp3) is 0.500. The molecule has 8 heteroatoms. The van der Waals surface area contributed by atoms with Crippen LogP contribution in [0.1, 0.15) is 56.4 Å². The number of benzene rings is 2. The third-order valence-corrected chi connectivity index (χ3v) is 10.3. The Morgan fingerprint density at radius 2 is 1.74 bits per heavy atom. The minimum atomic E-state index is -3.77. The average Bonchev–Trinajstić information content (AvgIpc) is 2.87. The Balaban J connectivity index is 1.62. The van der Waals surface area contributed by atoms with Crippen molar-refractivity contribution < 1.29 is 18.3 Å². The van der Waals surface area contributed by atoms with Crippen molar-refractivity contribution in [2.24, 2.45) is 11.8 Å². The number of aliphatic carboxylic acids is 1. The van der Waals surface area contributed by atoms with Gasteiger partial charge in [-0.1, -0.05) is 49.1 Å². The summed E-state index contributed by atoms with van der Waals surface area (Å²) in [5.41, 5.74) is 2.27. The van der Waals surface area contributed by atoms with Gasteiger partial charge in [-0.3, -0.25) is 4.79 Å². The highest BCUT2D eigenvalue weighted by atomic mass is 35.5. The summed E-state index contributed by atoms with van der Waals surface area (Å²) in [7, 11) is -2.05. The van der Waals surface area contributed by atoms with Crippen LogP contribution < -0.4 is 4.90 Å². The van der Waals surface area contributed by atoms with E-state index < -0.39 is 21.9 Å². The number of nitrogens with zero attached hydrogens (tertiary/aromatic N) is 2. The molecule has 6 nitrogen and oxygen atoms in total. The maximum Gasteiger partial charge on any atom is 0.306 e. The van der Waals surface area contributed by atoms with Gasteiger partial charge in [0.25, 0.3) is 0 Å². The molecular formula is C26H31ClN2O4S. The highest BCUT2D eigenvalue weighted by Gasteiger charge is 2.43. The summed E-state index contributed by atoms with van der Waals surface area (Å²) >= 11 is 6.73. The number of hydrogen-bond donors (Lipinski definition) is 1. The molecule has 2 aromatic carbocycles. The van der Waals surface area contributed by atoms with Crippen LogP contribution in [0.25, 0.3) is 0 Å². The van der Waals surface area contributed by atoms with Gasteiger partial charge in [0.15, 0.2) is 0 Å². The standard InChI is InChI=1S/C26H31ClN2O4S/c1-28-24(17-8-4-2-5-9-17)16-29(20-10-6-3-7-11-20)23-15-22(27)21(14-25(23)34(28,32)33)18-12-19(13-18)26(30)31/h3,6-7,10-11,14-15,17-19,24H,2,4-5,8-9,12-13,16H2,1H3,(H,30,31)/t18?,19?,24-/m1/s1. The number of likely N-dealkylation sites (N-methyl/N-ethyl adjacent to an activating group) is 1. The van der Waals surface area contributed by atoms with Crippen molar-refractivity contribution in [3.05, 3.63) is 53.1 Å². The molecule has 0 saturated heterocycles. The minimum absolute atomic E-state index is 0.0398. The summed E-state index contributed by atoms with van der Waals surface area (Å²) in [4.78, 5) is 13.7. The zero-order valence-corrected chi connectivity index (χ0v) is 20.9. The molecule has 3 aliphatic rings. The van der Waals surface area contributed by atoms with E-state index in [0.717, 1.165) is 36.9 Å². The fourth-order valence-corrected chi connectivity index (χ4v) is 7.84. The summed E-state index contributed by atoms with van der Waals surface area (Å²) in [5, 5.41) is 9.79. The van der Waals surface area contributed by atoms with Crippen molar-refractivity contribution in [3.63, 3.8) is 0 Å². The molecule has 182 valence electrons. The van der Waals surface area contributed by atoms with E-state index in [9.17, 15) is 18.3 Å². The second-order valence-electron chi connectivity index (χ2n) is 9.98. The lowest BCUT2D eigenvalue weighted by Gasteiger charge is -2.36. The third-order valence-electron chi connectivity index (χ3n) is 8.05. The van der Waals surface area contributed by atoms with Gasteiger partial charge >= 0.3 is 5.97 Å². The largest absolute Gasteiger partial charge is 0.481 e. The lowest BCUT2D eigenvalue weighted by atomic mass is 9.71. The van der Waals surface area contributed by atoms with Gasteiger partial charge in [-0.05, 0) is 67.3 Å². The number of para-hydroxylation sites is 1. The number of fused-ring (bicyclic) bond motifs is 1. The maximum absolute atomic E-state index is 14.0. The molecule has 1 atom stereocenters. The van der Waals surface area contributed by atoms with Crippen LogP contribution in [0.3, 0.4) is 0 Å². The molecule has 2 fully saturated rings. The summed E-state index contributed by atoms with van der Waals surface area (Å²) in [6, 6.07) is 13.2. The van der Waals surface area contributed by atoms with Gasteiger partial charge in [-0.15, -0.1) is 0 Å². The first kappa shape index (κ1) is 23.6. The van der Waals surface area contributed by atoms with Crippen molar-refractivity contribution >= 4 is 39.0 Å². The molecule has 2 saturated carbocycles. The van der Waals surface area contributed by atoms with Crippen molar-refractivity contribution in [2.75, 3.05) is 18.5 Å². The summed E-state index contributed by atoms with van der Waals surface area (Å²) in [6.07, 6.45) is 6.52. The number of anilines is 2. The molecule has 0 unspecified atom stereocenters. The first-order valence-electron chi connectivity index (χ1n) is 12.1. The van der Waals surface area contributed by atoms with Crippen molar-refractivity contribution in [3.8, 4) is 0 Å². The van der Waals surface area contributed by atoms with Crippen molar-refractivity contribution in [2.45, 2.75) is 61.8 Å². The van der Waals surface area contributed by atoms with Gasteiger partial charge < -0.3 is 10.0 Å². The van der Waals surface area contributed by atoms with E-state index in [4.69, 9.17) is 11.6 Å². The number of halogens is 1. The Morgan fingerprint density at radius 1 is 1.06 bits per heavy atom. The molecule has 2 aromatic rings. The molecule has 0 aromatic heterocycles. The Hall–Kier alpha value is -2.09. The number of carbonyl (C=O) groups is 1. The minimum Gasteiger partial charge on any atom is -0.481 e. The van der Waals surface area contributed by atoms with E-state index in [-0.39, 0.29) is 16.9 Å². The van der Waals surface area contributed by atoms with Gasteiger partial charge in [0, 0.05) is 30.3 Å². The fourth-order valence-electron chi connectivity index (χ4n) is 5.91. The third kappa shape index (κ3) is 4.12. The van der Waals surface area contributed by atoms with Gasteiger partial charge in [-0.25, -0.2) is 8.42 Å². The number of rotatable bonds is 4. The second kappa shape index (κ2) is 9.17. The molecule has 5 rings (SSSR count). The van der Waals surface area contributed by atoms with E-state index in [1.54, 1.807) is 23.5 Å². The molecule has 1 heterocycles. The van der Waals surface area contributed by atoms with Crippen LogP contribution in [0.5, 0.6) is 0 Å². The highest BCUT2D eigenvalue weighted by molar-refractivity contribution is 7.89. The normalized spacial score (nSPS) is 27.5. The van der Waals surface area contributed by atoms with Crippen LogP contribution in [0.15, 0.2) is 47.4 Å². The Morgan fingerprint density at radius 3 is 2.38 bits per heavy atom. The Bertz CT molecular complexity index is 1170. The Kier molecular flexibility index (Phi) is 6.38. The van der Waals surface area contributed by atoms with Crippen LogP contribution >= 0.6 is 11.6 Å². The van der Waals surface area contributed by atoms with Crippen LogP contribution in [0.2, 0.25) is 5.02 Å². The summed E-state index contributed by atoms with van der Waals surface area (Å²) in [6.45, 7) is 0.567. The quantitative estimate of drug-likeness (QED) is 0.585. The van der Waals surface area contributed by atoms with Crippen molar-refractivity contribution in [1.82, 2.24) is 4.31 Å². The monoisotopic (exact) mass is 502 g/mol. The lowest BCUT2D eigenvalue weighted by molar-refractivity contribution is -0.145. The van der Waals surface area contributed by atoms with Gasteiger partial charge in [0.1, 0.15) is 4.90 Å². The first-order chi connectivity index (χ1) is 16.3. The van der Waals surface area contributed by atoms with E-state index in [0.29, 0.717) is 36.0 Å². The lowest BCUT2D eigenvalue weighted by Crippen LogP contribution is -2.46. The van der Waals surface area contributed by atoms with E-state index in [1.165, 1.54) is 6.42 Å². The van der Waals surface area contributed by atoms with Crippen LogP contribution in [-0.4, -0.2) is 43.4 Å². The number of hydrogen-bond acceptors (Lipinski definition) is 4. The Labute approximate surface area is 206 Å². The van der Waals surface area contributed by atoms with Crippen LogP contribution in [0.4, 0.5) is 11.4 Å². The van der Waals surface area contributed by atoms with E-state index >= 15 is 0 Å². The molecule has 34 heavy (non-hydrogen) atoms. The van der Waals surface area contributed by atoms with Crippen LogP contribution in [-0.2, 0) is 14.8 Å². The SMILES string of the molecule is CN1[C@@H](C2CCCCC2)CN(c2ccccc2)c2cc(Cl)c(C3CC(C(=O)O)C3)cc2S1(=O)=O. The molecule has 1 aliphatic heterocycles. The predicted molar refractivity (Wildman–Crippen MR) is 133 cm³/mol. The average molecular weight is 503 g/mol. The molecular weight excluding hydrogens is 472 g/mol. The first-order valence-corrected chi connectivity index (χ1v) is 14.0. The highest BCUT2D eigenvalue weighted by Crippen LogP contribution is 2.48. The maximum atomic E-state index is 14.0. The molecule has 0 bridgehead atoms. The van der Waals surface area contributed by atoms with E-state index in [1.807, 2.05) is 30.3 Å². The molecule has 0 amide bonds. The van der Waals surface area contributed by atoms with Gasteiger partial charge in [0.05, 0.1) is 11.6 Å². The van der Waals surface area contributed by atoms with Crippen molar-refractivity contribution in [1.29, 1.82) is 0 Å². The number of carboxylic acid groups (broad SMARTS) is 1. The summed E-state index contributed by atoms with van der Waals surface area (Å²) in [5.74, 6) is -0.926. The topological polar surface area (TPSA) is 77.9 Å². The predicted octanol–water partition coefficient (Wildman–Crippen LogP) is 5.64. The smallest absolute Gasteiger partial charge is 0.306 e. The molecule has 2 aliphatic carbocycles.